The van der Waals surface area contributed by atoms with Gasteiger partial charge in [0.2, 0.25) is 0 Å². The van der Waals surface area contributed by atoms with Gasteiger partial charge in [-0.15, -0.1) is 0 Å². The van der Waals surface area contributed by atoms with Gasteiger partial charge in [0, 0.05) is 30.0 Å². The number of H-pyrrole nitrogens is 1. The van der Waals surface area contributed by atoms with Gasteiger partial charge in [-0.1, -0.05) is 30.3 Å². The molecule has 0 fully saturated rings. The molecule has 0 aliphatic carbocycles. The predicted octanol–water partition coefficient (Wildman–Crippen LogP) is 2.56. The second kappa shape index (κ2) is 9.16. The Morgan fingerprint density at radius 1 is 1.21 bits per heavy atom. The number of hydrogen-bond acceptors (Lipinski definition) is 5. The molecule has 1 heterocycles. The van der Waals surface area contributed by atoms with Crippen LogP contribution in [-0.2, 0) is 4.74 Å². The van der Waals surface area contributed by atoms with Crippen molar-refractivity contribution < 1.29 is 19.4 Å². The topological polar surface area (TPSA) is 96.5 Å². The zero-order valence-electron chi connectivity index (χ0n) is 15.8. The molecule has 3 rings (SSSR count). The number of carbonyl (C=O) groups is 1. The summed E-state index contributed by atoms with van der Waals surface area (Å²) in [5, 5.41) is 20.2. The molecule has 3 N–H and O–H groups in total. The molecular weight excluding hydrogens is 358 g/mol. The zero-order chi connectivity index (χ0) is 19.9. The van der Waals surface area contributed by atoms with Gasteiger partial charge in [0.05, 0.1) is 26.0 Å². The van der Waals surface area contributed by atoms with E-state index in [0.29, 0.717) is 16.9 Å². The summed E-state index contributed by atoms with van der Waals surface area (Å²) in [5.41, 5.74) is 2.81. The third-order valence-electron chi connectivity index (χ3n) is 4.46. The number of nitrogens with one attached hydrogen (secondary N) is 2. The summed E-state index contributed by atoms with van der Waals surface area (Å²) >= 11 is 0. The lowest BCUT2D eigenvalue weighted by Crippen LogP contribution is -2.42. The lowest BCUT2D eigenvalue weighted by molar-refractivity contribution is 0.0594. The minimum absolute atomic E-state index is 0.173. The van der Waals surface area contributed by atoms with Crippen molar-refractivity contribution >= 4 is 5.91 Å². The van der Waals surface area contributed by atoms with Crippen LogP contribution in [0.5, 0.6) is 5.75 Å². The van der Waals surface area contributed by atoms with Crippen molar-refractivity contribution in [1.82, 2.24) is 15.5 Å². The van der Waals surface area contributed by atoms with E-state index in [9.17, 15) is 9.90 Å². The number of methoxy groups -OCH3 is 2. The van der Waals surface area contributed by atoms with Crippen LogP contribution in [0.1, 0.15) is 22.0 Å². The highest BCUT2D eigenvalue weighted by Gasteiger charge is 2.24. The number of aromatic amines is 1. The molecule has 0 saturated heterocycles. The maximum Gasteiger partial charge on any atom is 0.251 e. The highest BCUT2D eigenvalue weighted by Crippen LogP contribution is 2.30. The van der Waals surface area contributed by atoms with Crippen molar-refractivity contribution in [1.29, 1.82) is 0 Å². The lowest BCUT2D eigenvalue weighted by Gasteiger charge is -2.24. The maximum absolute atomic E-state index is 12.8. The third-order valence-corrected chi connectivity index (χ3v) is 4.46. The summed E-state index contributed by atoms with van der Waals surface area (Å²) in [4.78, 5) is 12.8. The van der Waals surface area contributed by atoms with Gasteiger partial charge in [0.1, 0.15) is 11.9 Å². The summed E-state index contributed by atoms with van der Waals surface area (Å²) in [6, 6.07) is 13.7. The Labute approximate surface area is 163 Å². The van der Waals surface area contributed by atoms with Gasteiger partial charge >= 0.3 is 0 Å². The number of aromatic nitrogens is 2. The molecule has 1 amide bonds. The molecule has 0 bridgehead atoms. The standard InChI is InChI=1S/C21H23N3O4/c1-27-13-18(20(25)14-6-4-3-5-7-14)24-21(26)15-8-9-17(19(10-15)28-2)16-11-22-23-12-16/h3-12,18,20,25H,13H2,1-2H3,(H,22,23)(H,24,26)/t18-,20-/m0/s1. The first-order chi connectivity index (χ1) is 13.6. The van der Waals surface area contributed by atoms with Gasteiger partial charge in [-0.2, -0.15) is 5.10 Å². The number of benzene rings is 2. The number of hydrogen-bond donors (Lipinski definition) is 3. The first-order valence-electron chi connectivity index (χ1n) is 8.84. The molecule has 2 aromatic carbocycles. The van der Waals surface area contributed by atoms with Crippen molar-refractivity contribution in [3.05, 3.63) is 72.1 Å². The second-order valence-electron chi connectivity index (χ2n) is 6.29. The van der Waals surface area contributed by atoms with Crippen LogP contribution in [0.15, 0.2) is 60.9 Å². The quantitative estimate of drug-likeness (QED) is 0.557. The molecule has 1 aromatic heterocycles. The largest absolute Gasteiger partial charge is 0.496 e. The zero-order valence-corrected chi connectivity index (χ0v) is 15.8. The first kappa shape index (κ1) is 19.6. The number of amides is 1. The van der Waals surface area contributed by atoms with Crippen molar-refractivity contribution in [3.8, 4) is 16.9 Å². The molecule has 3 aromatic rings. The normalized spacial score (nSPS) is 13.0. The summed E-state index contributed by atoms with van der Waals surface area (Å²) in [6.45, 7) is 0.173. The molecule has 0 spiro atoms. The lowest BCUT2D eigenvalue weighted by atomic mass is 10.0. The van der Waals surface area contributed by atoms with Gasteiger partial charge in [0.25, 0.3) is 5.91 Å². The Kier molecular flexibility index (Phi) is 6.41. The molecule has 0 aliphatic rings. The molecule has 146 valence electrons. The molecule has 7 heteroatoms. The van der Waals surface area contributed by atoms with Gasteiger partial charge < -0.3 is 19.9 Å². The van der Waals surface area contributed by atoms with E-state index in [1.807, 2.05) is 30.3 Å². The minimum Gasteiger partial charge on any atom is -0.496 e. The summed E-state index contributed by atoms with van der Waals surface area (Å²) < 4.78 is 10.6. The fourth-order valence-corrected chi connectivity index (χ4v) is 2.99. The fourth-order valence-electron chi connectivity index (χ4n) is 2.99. The van der Waals surface area contributed by atoms with Gasteiger partial charge in [-0.3, -0.25) is 9.89 Å². The van der Waals surface area contributed by atoms with Crippen molar-refractivity contribution in [2.75, 3.05) is 20.8 Å². The van der Waals surface area contributed by atoms with Crippen molar-refractivity contribution in [2.45, 2.75) is 12.1 Å². The fraction of sp³-hybridized carbons (Fsp3) is 0.238. The van der Waals surface area contributed by atoms with Crippen molar-refractivity contribution in [3.63, 3.8) is 0 Å². The van der Waals surface area contributed by atoms with Crippen LogP contribution < -0.4 is 10.1 Å². The highest BCUT2D eigenvalue weighted by molar-refractivity contribution is 5.95. The number of aliphatic hydroxyl groups is 1. The Morgan fingerprint density at radius 2 is 2.00 bits per heavy atom. The first-order valence-corrected chi connectivity index (χ1v) is 8.84. The minimum atomic E-state index is -0.891. The van der Waals surface area contributed by atoms with Crippen LogP contribution in [0.25, 0.3) is 11.1 Å². The molecule has 7 nitrogen and oxygen atoms in total. The molecular formula is C21H23N3O4. The van der Waals surface area contributed by atoms with E-state index in [4.69, 9.17) is 9.47 Å². The summed E-state index contributed by atoms with van der Waals surface area (Å²) in [5.74, 6) is 0.232. The molecule has 0 saturated carbocycles. The molecule has 0 aliphatic heterocycles. The number of rotatable bonds is 8. The van der Waals surface area contributed by atoms with E-state index >= 15 is 0 Å². The van der Waals surface area contributed by atoms with Crippen LogP contribution in [0.4, 0.5) is 0 Å². The van der Waals surface area contributed by atoms with E-state index in [-0.39, 0.29) is 12.5 Å². The Bertz CT molecular complexity index is 897. The number of aliphatic hydroxyl groups excluding tert-OH is 1. The van der Waals surface area contributed by atoms with E-state index in [1.165, 1.54) is 7.11 Å². The molecule has 28 heavy (non-hydrogen) atoms. The van der Waals surface area contributed by atoms with Crippen LogP contribution in [-0.4, -0.2) is 48.1 Å². The predicted molar refractivity (Wildman–Crippen MR) is 105 cm³/mol. The maximum atomic E-state index is 12.8. The van der Waals surface area contributed by atoms with Crippen molar-refractivity contribution in [2.24, 2.45) is 0 Å². The Hall–Kier alpha value is -3.16. The third kappa shape index (κ3) is 4.39. The average Bonchev–Trinajstić information content (AvgIpc) is 3.27. The van der Waals surface area contributed by atoms with Gasteiger partial charge in [-0.05, 0) is 23.8 Å². The Morgan fingerprint density at radius 3 is 2.64 bits per heavy atom. The van der Waals surface area contributed by atoms with Crippen LogP contribution in [0.2, 0.25) is 0 Å². The SMILES string of the molecule is COC[C@H](NC(=O)c1ccc(-c2cn[nH]c2)c(OC)c1)[C@@H](O)c1ccccc1. The smallest absolute Gasteiger partial charge is 0.251 e. The van der Waals surface area contributed by atoms with Crippen LogP contribution in [0, 0.1) is 0 Å². The number of nitrogens with zero attached hydrogens (tertiary/aromatic N) is 1. The summed E-state index contributed by atoms with van der Waals surface area (Å²) in [6.07, 6.45) is 2.54. The molecule has 0 unspecified atom stereocenters. The van der Waals surface area contributed by atoms with E-state index in [2.05, 4.69) is 15.5 Å². The molecule has 0 radical (unpaired) electrons. The monoisotopic (exact) mass is 381 g/mol. The Balaban J connectivity index is 1.80. The average molecular weight is 381 g/mol. The number of carbonyl (C=O) groups excluding carboxylic acids is 1. The van der Waals surface area contributed by atoms with E-state index in [1.54, 1.807) is 37.7 Å². The highest BCUT2D eigenvalue weighted by atomic mass is 16.5. The van der Waals surface area contributed by atoms with Gasteiger partial charge in [0.15, 0.2) is 0 Å². The van der Waals surface area contributed by atoms with Crippen LogP contribution in [0.3, 0.4) is 0 Å². The number of ether oxygens (including phenoxy) is 2. The van der Waals surface area contributed by atoms with Gasteiger partial charge in [-0.25, -0.2) is 0 Å². The van der Waals surface area contributed by atoms with E-state index < -0.39 is 12.1 Å². The molecule has 2 atom stereocenters. The summed E-state index contributed by atoms with van der Waals surface area (Å²) in [7, 11) is 3.08. The van der Waals surface area contributed by atoms with E-state index in [0.717, 1.165) is 11.1 Å². The van der Waals surface area contributed by atoms with Crippen LogP contribution >= 0.6 is 0 Å². The second-order valence-corrected chi connectivity index (χ2v) is 6.29.